The third kappa shape index (κ3) is 3.51. The molecule has 0 radical (unpaired) electrons. The number of piperidine rings is 1. The Morgan fingerprint density at radius 1 is 1.32 bits per heavy atom. The Morgan fingerprint density at radius 3 is 2.59 bits per heavy atom. The number of benzene rings is 1. The van der Waals surface area contributed by atoms with E-state index in [0.717, 1.165) is 19.3 Å². The van der Waals surface area contributed by atoms with Crippen LogP contribution >= 0.6 is 0 Å². The molecule has 0 bridgehead atoms. The minimum Gasteiger partial charge on any atom is -0.493 e. The fourth-order valence-corrected chi connectivity index (χ4v) is 2.98. The number of rotatable bonds is 4. The largest absolute Gasteiger partial charge is 0.493 e. The summed E-state index contributed by atoms with van der Waals surface area (Å²) < 4.78 is 10.8. The van der Waals surface area contributed by atoms with E-state index >= 15 is 0 Å². The molecule has 0 N–H and O–H groups in total. The van der Waals surface area contributed by atoms with Crippen molar-refractivity contribution in [3.05, 3.63) is 23.8 Å². The lowest BCUT2D eigenvalue weighted by atomic mass is 9.97. The molecule has 5 nitrogen and oxygen atoms in total. The van der Waals surface area contributed by atoms with Crippen LogP contribution in [0.3, 0.4) is 0 Å². The molecule has 1 aromatic carbocycles. The van der Waals surface area contributed by atoms with Gasteiger partial charge in [0, 0.05) is 18.2 Å². The molecule has 0 unspecified atom stereocenters. The summed E-state index contributed by atoms with van der Waals surface area (Å²) in [5, 5.41) is 8.89. The summed E-state index contributed by atoms with van der Waals surface area (Å²) in [4.78, 5) is 14.3. The van der Waals surface area contributed by atoms with Crippen molar-refractivity contribution in [1.29, 1.82) is 5.26 Å². The van der Waals surface area contributed by atoms with E-state index in [2.05, 4.69) is 13.8 Å². The summed E-state index contributed by atoms with van der Waals surface area (Å²) in [6.07, 6.45) is 3.24. The zero-order valence-corrected chi connectivity index (χ0v) is 13.3. The molecule has 1 amide bonds. The molecule has 0 saturated carbocycles. The van der Waals surface area contributed by atoms with Crippen LogP contribution in [0.4, 0.5) is 0 Å². The third-order valence-corrected chi connectivity index (χ3v) is 4.13. The maximum Gasteiger partial charge on any atom is 0.260 e. The molecule has 1 saturated heterocycles. The molecule has 2 atom stereocenters. The summed E-state index contributed by atoms with van der Waals surface area (Å²) in [7, 11) is 1.51. The highest BCUT2D eigenvalue weighted by molar-refractivity contribution is 5.78. The molecule has 0 aromatic heterocycles. The molecule has 118 valence electrons. The molecule has 0 spiro atoms. The van der Waals surface area contributed by atoms with Crippen LogP contribution < -0.4 is 9.47 Å². The number of nitriles is 1. The van der Waals surface area contributed by atoms with E-state index in [-0.39, 0.29) is 24.6 Å². The average molecular weight is 302 g/mol. The first-order valence-corrected chi connectivity index (χ1v) is 7.59. The Balaban J connectivity index is 2.03. The normalized spacial score (nSPS) is 21.1. The Bertz CT molecular complexity index is 570. The van der Waals surface area contributed by atoms with Crippen molar-refractivity contribution < 1.29 is 14.3 Å². The monoisotopic (exact) mass is 302 g/mol. The number of hydrogen-bond donors (Lipinski definition) is 0. The lowest BCUT2D eigenvalue weighted by Crippen LogP contribution is -2.49. The summed E-state index contributed by atoms with van der Waals surface area (Å²) in [5.41, 5.74) is 0.494. The zero-order chi connectivity index (χ0) is 16.1. The van der Waals surface area contributed by atoms with Gasteiger partial charge in [0.05, 0.1) is 18.7 Å². The molecule has 1 aliphatic heterocycles. The van der Waals surface area contributed by atoms with E-state index in [0.29, 0.717) is 17.1 Å². The number of nitrogens with zero attached hydrogens (tertiary/aromatic N) is 2. The number of hydrogen-bond acceptors (Lipinski definition) is 4. The van der Waals surface area contributed by atoms with E-state index in [1.165, 1.54) is 7.11 Å². The van der Waals surface area contributed by atoms with Crippen LogP contribution in [-0.4, -0.2) is 36.6 Å². The van der Waals surface area contributed by atoms with Gasteiger partial charge in [-0.3, -0.25) is 4.79 Å². The number of ether oxygens (including phenoxy) is 2. The Labute approximate surface area is 131 Å². The van der Waals surface area contributed by atoms with Crippen LogP contribution in [0.2, 0.25) is 0 Å². The van der Waals surface area contributed by atoms with Crippen molar-refractivity contribution in [2.45, 2.75) is 45.2 Å². The predicted octanol–water partition coefficient (Wildman–Crippen LogP) is 2.74. The minimum atomic E-state index is -0.0169. The number of carbonyl (C=O) groups excluding carboxylic acids is 1. The molecule has 1 fully saturated rings. The number of methoxy groups -OCH3 is 1. The Morgan fingerprint density at radius 2 is 2.00 bits per heavy atom. The van der Waals surface area contributed by atoms with Gasteiger partial charge in [0.15, 0.2) is 18.1 Å². The van der Waals surface area contributed by atoms with Crippen molar-refractivity contribution >= 4 is 5.91 Å². The van der Waals surface area contributed by atoms with Gasteiger partial charge < -0.3 is 14.4 Å². The van der Waals surface area contributed by atoms with Gasteiger partial charge in [-0.25, -0.2) is 0 Å². The van der Waals surface area contributed by atoms with Crippen LogP contribution in [0, 0.1) is 11.3 Å². The lowest BCUT2D eigenvalue weighted by molar-refractivity contribution is -0.139. The second-order valence-corrected chi connectivity index (χ2v) is 5.70. The smallest absolute Gasteiger partial charge is 0.260 e. The van der Waals surface area contributed by atoms with Crippen molar-refractivity contribution in [1.82, 2.24) is 4.90 Å². The second kappa shape index (κ2) is 7.17. The van der Waals surface area contributed by atoms with E-state index in [1.807, 2.05) is 11.0 Å². The molecule has 1 aromatic rings. The van der Waals surface area contributed by atoms with Crippen molar-refractivity contribution in [3.63, 3.8) is 0 Å². The topological polar surface area (TPSA) is 62.6 Å². The van der Waals surface area contributed by atoms with Crippen molar-refractivity contribution in [3.8, 4) is 17.6 Å². The third-order valence-electron chi connectivity index (χ3n) is 4.13. The van der Waals surface area contributed by atoms with E-state index in [1.54, 1.807) is 18.2 Å². The van der Waals surface area contributed by atoms with Crippen LogP contribution in [-0.2, 0) is 4.79 Å². The van der Waals surface area contributed by atoms with Crippen molar-refractivity contribution in [2.75, 3.05) is 13.7 Å². The average Bonchev–Trinajstić information content (AvgIpc) is 2.52. The van der Waals surface area contributed by atoms with Gasteiger partial charge in [-0.2, -0.15) is 5.26 Å². The fourth-order valence-electron chi connectivity index (χ4n) is 2.98. The van der Waals surface area contributed by atoms with Crippen LogP contribution in [0.5, 0.6) is 11.5 Å². The van der Waals surface area contributed by atoms with Crippen molar-refractivity contribution in [2.24, 2.45) is 0 Å². The summed E-state index contributed by atoms with van der Waals surface area (Å²) in [6, 6.07) is 7.46. The number of carbonyl (C=O) groups is 1. The Kier molecular flexibility index (Phi) is 5.26. The molecule has 5 heteroatoms. The SMILES string of the molecule is COc1cc(C#N)ccc1OCC(=O)N1[C@H](C)CCC[C@H]1C. The van der Waals surface area contributed by atoms with Crippen LogP contribution in [0.15, 0.2) is 18.2 Å². The molecule has 0 aliphatic carbocycles. The maximum atomic E-state index is 12.4. The molecule has 1 heterocycles. The van der Waals surface area contributed by atoms with Gasteiger partial charge in [0.2, 0.25) is 0 Å². The van der Waals surface area contributed by atoms with Crippen LogP contribution in [0.1, 0.15) is 38.7 Å². The molecular weight excluding hydrogens is 280 g/mol. The summed E-state index contributed by atoms with van der Waals surface area (Å²) >= 11 is 0. The van der Waals surface area contributed by atoms with Gasteiger partial charge in [0.1, 0.15) is 0 Å². The van der Waals surface area contributed by atoms with E-state index in [9.17, 15) is 4.79 Å². The lowest BCUT2D eigenvalue weighted by Gasteiger charge is -2.39. The highest BCUT2D eigenvalue weighted by atomic mass is 16.5. The fraction of sp³-hybridized carbons (Fsp3) is 0.529. The first kappa shape index (κ1) is 16.2. The van der Waals surface area contributed by atoms with Gasteiger partial charge in [0.25, 0.3) is 5.91 Å². The highest BCUT2D eigenvalue weighted by Gasteiger charge is 2.29. The van der Waals surface area contributed by atoms with Gasteiger partial charge in [-0.15, -0.1) is 0 Å². The summed E-state index contributed by atoms with van der Waals surface area (Å²) in [5.74, 6) is 0.935. The number of likely N-dealkylation sites (tertiary alicyclic amines) is 1. The molecule has 2 rings (SSSR count). The number of amides is 1. The maximum absolute atomic E-state index is 12.4. The molecule has 22 heavy (non-hydrogen) atoms. The molecular formula is C17H22N2O3. The van der Waals surface area contributed by atoms with Gasteiger partial charge in [-0.05, 0) is 45.2 Å². The minimum absolute atomic E-state index is 0.00823. The second-order valence-electron chi connectivity index (χ2n) is 5.70. The van der Waals surface area contributed by atoms with Crippen LogP contribution in [0.25, 0.3) is 0 Å². The zero-order valence-electron chi connectivity index (χ0n) is 13.3. The highest BCUT2D eigenvalue weighted by Crippen LogP contribution is 2.28. The Hall–Kier alpha value is -2.22. The molecule has 1 aliphatic rings. The standard InChI is InChI=1S/C17H22N2O3/c1-12-5-4-6-13(2)19(12)17(20)11-22-15-8-7-14(10-18)9-16(15)21-3/h7-9,12-13H,4-6,11H2,1-3H3/t12-,13-/m1/s1. The van der Waals surface area contributed by atoms with E-state index in [4.69, 9.17) is 14.7 Å². The van der Waals surface area contributed by atoms with Gasteiger partial charge >= 0.3 is 0 Å². The van der Waals surface area contributed by atoms with Gasteiger partial charge in [-0.1, -0.05) is 0 Å². The first-order valence-electron chi connectivity index (χ1n) is 7.59. The summed E-state index contributed by atoms with van der Waals surface area (Å²) in [6.45, 7) is 4.14. The first-order chi connectivity index (χ1) is 10.6. The quantitative estimate of drug-likeness (QED) is 0.858. The predicted molar refractivity (Wildman–Crippen MR) is 82.8 cm³/mol. The van der Waals surface area contributed by atoms with E-state index < -0.39 is 0 Å².